The Labute approximate surface area is 97.4 Å². The summed E-state index contributed by atoms with van der Waals surface area (Å²) >= 11 is 2.80. The first-order valence-corrected chi connectivity index (χ1v) is 6.22. The second-order valence-corrected chi connectivity index (χ2v) is 4.95. The van der Waals surface area contributed by atoms with Crippen molar-refractivity contribution in [2.24, 2.45) is 0 Å². The van der Waals surface area contributed by atoms with Crippen LogP contribution in [0.25, 0.3) is 10.2 Å². The number of rotatable bonds is 2. The molecule has 0 saturated carbocycles. The van der Waals surface area contributed by atoms with Crippen LogP contribution in [0.1, 0.15) is 0 Å². The summed E-state index contributed by atoms with van der Waals surface area (Å²) in [5.41, 5.74) is 0.684. The first-order valence-electron chi connectivity index (χ1n) is 4.18. The summed E-state index contributed by atoms with van der Waals surface area (Å²) in [6.45, 7) is 0. The number of hydrogen-bond donors (Lipinski definition) is 0. The van der Waals surface area contributed by atoms with E-state index >= 15 is 0 Å². The highest BCUT2D eigenvalue weighted by molar-refractivity contribution is 8.00. The Morgan fingerprint density at radius 1 is 1.38 bits per heavy atom. The molecule has 0 aliphatic heterocycles. The molecule has 0 saturated heterocycles. The van der Waals surface area contributed by atoms with Crippen LogP contribution in [0.2, 0.25) is 0 Å². The van der Waals surface area contributed by atoms with Crippen molar-refractivity contribution in [1.29, 1.82) is 0 Å². The molecule has 0 bridgehead atoms. The van der Waals surface area contributed by atoms with Crippen molar-refractivity contribution in [3.05, 3.63) is 18.2 Å². The van der Waals surface area contributed by atoms with Crippen LogP contribution in [0.3, 0.4) is 0 Å². The molecule has 0 N–H and O–H groups in total. The molecule has 1 heterocycles. The molecule has 0 aliphatic rings. The van der Waals surface area contributed by atoms with E-state index in [-0.39, 0.29) is 5.75 Å². The van der Waals surface area contributed by atoms with E-state index in [4.69, 9.17) is 0 Å². The van der Waals surface area contributed by atoms with E-state index in [1.54, 1.807) is 0 Å². The monoisotopic (exact) mass is 265 g/mol. The van der Waals surface area contributed by atoms with Gasteiger partial charge in [-0.2, -0.15) is 0 Å². The predicted octanol–water partition coefficient (Wildman–Crippen LogP) is 3.92. The van der Waals surface area contributed by atoms with Crippen LogP contribution < -0.4 is 4.74 Å². The molecule has 0 amide bonds. The van der Waals surface area contributed by atoms with Crippen LogP contribution >= 0.6 is 23.1 Å². The van der Waals surface area contributed by atoms with Gasteiger partial charge in [-0.3, -0.25) is 0 Å². The SMILES string of the molecule is CSc1nc2ccc(OC(F)(F)F)cc2s1. The Morgan fingerprint density at radius 3 is 2.75 bits per heavy atom. The van der Waals surface area contributed by atoms with E-state index < -0.39 is 6.36 Å². The average molecular weight is 265 g/mol. The Kier molecular flexibility index (Phi) is 2.98. The van der Waals surface area contributed by atoms with E-state index in [0.29, 0.717) is 10.2 Å². The van der Waals surface area contributed by atoms with Crippen molar-refractivity contribution >= 4 is 33.3 Å². The lowest BCUT2D eigenvalue weighted by Crippen LogP contribution is -2.16. The number of ether oxygens (including phenoxy) is 1. The van der Waals surface area contributed by atoms with Crippen molar-refractivity contribution in [2.75, 3.05) is 6.26 Å². The van der Waals surface area contributed by atoms with Crippen molar-refractivity contribution in [1.82, 2.24) is 4.98 Å². The summed E-state index contributed by atoms with van der Waals surface area (Å²) in [6.07, 6.45) is -2.79. The summed E-state index contributed by atoms with van der Waals surface area (Å²) in [5, 5.41) is 0. The molecule has 1 aromatic heterocycles. The molecule has 0 aliphatic carbocycles. The van der Waals surface area contributed by atoms with Crippen molar-refractivity contribution in [2.45, 2.75) is 10.7 Å². The Morgan fingerprint density at radius 2 is 2.12 bits per heavy atom. The van der Waals surface area contributed by atoms with Gasteiger partial charge in [0.1, 0.15) is 5.75 Å². The van der Waals surface area contributed by atoms with Crippen LogP contribution in [0.5, 0.6) is 5.75 Å². The van der Waals surface area contributed by atoms with E-state index in [9.17, 15) is 13.2 Å². The van der Waals surface area contributed by atoms with Gasteiger partial charge in [0.05, 0.1) is 10.2 Å². The molecular formula is C9H6F3NOS2. The van der Waals surface area contributed by atoms with Gasteiger partial charge in [-0.15, -0.1) is 24.5 Å². The Bertz CT molecular complexity index is 509. The summed E-state index contributed by atoms with van der Waals surface area (Å²) in [6, 6.07) is 4.13. The lowest BCUT2D eigenvalue weighted by atomic mass is 10.3. The topological polar surface area (TPSA) is 22.1 Å². The fourth-order valence-corrected chi connectivity index (χ4v) is 2.69. The number of halogens is 3. The quantitative estimate of drug-likeness (QED) is 0.768. The van der Waals surface area contributed by atoms with Gasteiger partial charge >= 0.3 is 6.36 Å². The summed E-state index contributed by atoms with van der Waals surface area (Å²) < 4.78 is 41.3. The Hall–Kier alpha value is -0.950. The molecular weight excluding hydrogens is 259 g/mol. The van der Waals surface area contributed by atoms with Gasteiger partial charge < -0.3 is 4.74 Å². The van der Waals surface area contributed by atoms with Gasteiger partial charge in [-0.25, -0.2) is 4.98 Å². The predicted molar refractivity (Wildman–Crippen MR) is 58.1 cm³/mol. The number of hydrogen-bond acceptors (Lipinski definition) is 4. The number of benzene rings is 1. The van der Waals surface area contributed by atoms with E-state index in [1.807, 2.05) is 6.26 Å². The molecule has 2 aromatic rings. The van der Waals surface area contributed by atoms with Crippen LogP contribution in [0, 0.1) is 0 Å². The van der Waals surface area contributed by atoms with E-state index in [0.717, 1.165) is 4.34 Å². The van der Waals surface area contributed by atoms with Gasteiger partial charge in [0.25, 0.3) is 0 Å². The van der Waals surface area contributed by atoms with Crippen molar-refractivity contribution < 1.29 is 17.9 Å². The van der Waals surface area contributed by atoms with Gasteiger partial charge in [-0.1, -0.05) is 11.8 Å². The highest BCUT2D eigenvalue weighted by atomic mass is 32.2. The first kappa shape index (κ1) is 11.5. The smallest absolute Gasteiger partial charge is 0.406 e. The van der Waals surface area contributed by atoms with Gasteiger partial charge in [-0.05, 0) is 24.5 Å². The molecule has 1 aromatic carbocycles. The zero-order valence-corrected chi connectivity index (χ0v) is 9.67. The lowest BCUT2D eigenvalue weighted by molar-refractivity contribution is -0.274. The van der Waals surface area contributed by atoms with E-state index in [1.165, 1.54) is 41.3 Å². The molecule has 2 nitrogen and oxygen atoms in total. The zero-order valence-electron chi connectivity index (χ0n) is 8.04. The summed E-state index contributed by atoms with van der Waals surface area (Å²) in [7, 11) is 0. The highest BCUT2D eigenvalue weighted by Crippen LogP contribution is 2.32. The minimum Gasteiger partial charge on any atom is -0.406 e. The number of fused-ring (bicyclic) bond motifs is 1. The zero-order chi connectivity index (χ0) is 11.8. The third kappa shape index (κ3) is 2.59. The standard InChI is InChI=1S/C9H6F3NOS2/c1-15-8-13-6-3-2-5(4-7(6)16-8)14-9(10,11)12/h2-4H,1H3. The Balaban J connectivity index is 2.36. The number of alkyl halides is 3. The van der Waals surface area contributed by atoms with Crippen LogP contribution in [-0.2, 0) is 0 Å². The molecule has 0 fully saturated rings. The number of nitrogens with zero attached hydrogens (tertiary/aromatic N) is 1. The minimum absolute atomic E-state index is 0.212. The molecule has 2 rings (SSSR count). The normalized spacial score (nSPS) is 12.0. The van der Waals surface area contributed by atoms with Gasteiger partial charge in [0.15, 0.2) is 4.34 Å². The molecule has 0 radical (unpaired) electrons. The maximum Gasteiger partial charge on any atom is 0.573 e. The van der Waals surface area contributed by atoms with E-state index in [2.05, 4.69) is 9.72 Å². The number of thioether (sulfide) groups is 1. The van der Waals surface area contributed by atoms with Crippen LogP contribution in [0.15, 0.2) is 22.5 Å². The lowest BCUT2D eigenvalue weighted by Gasteiger charge is -2.07. The first-order chi connectivity index (χ1) is 7.48. The molecule has 16 heavy (non-hydrogen) atoms. The van der Waals surface area contributed by atoms with Crippen LogP contribution in [0.4, 0.5) is 13.2 Å². The van der Waals surface area contributed by atoms with Crippen molar-refractivity contribution in [3.8, 4) is 5.75 Å². The minimum atomic E-state index is -4.65. The molecule has 7 heteroatoms. The molecule has 86 valence electrons. The molecule has 0 unspecified atom stereocenters. The number of thiazole rings is 1. The summed E-state index contributed by atoms with van der Waals surface area (Å²) in [5.74, 6) is -0.212. The highest BCUT2D eigenvalue weighted by Gasteiger charge is 2.31. The third-order valence-corrected chi connectivity index (χ3v) is 3.75. The number of aromatic nitrogens is 1. The molecule has 0 atom stereocenters. The van der Waals surface area contributed by atoms with Crippen LogP contribution in [-0.4, -0.2) is 17.6 Å². The maximum absolute atomic E-state index is 12.0. The molecule has 0 spiro atoms. The van der Waals surface area contributed by atoms with Gasteiger partial charge in [0.2, 0.25) is 0 Å². The fourth-order valence-electron chi connectivity index (χ4n) is 1.17. The average Bonchev–Trinajstić information content (AvgIpc) is 2.57. The largest absolute Gasteiger partial charge is 0.573 e. The second kappa shape index (κ2) is 4.14. The maximum atomic E-state index is 12.0. The summed E-state index contributed by atoms with van der Waals surface area (Å²) in [4.78, 5) is 4.21. The second-order valence-electron chi connectivity index (χ2n) is 2.86. The van der Waals surface area contributed by atoms with Gasteiger partial charge in [0, 0.05) is 0 Å². The van der Waals surface area contributed by atoms with Crippen molar-refractivity contribution in [3.63, 3.8) is 0 Å². The third-order valence-electron chi connectivity index (χ3n) is 1.75. The fraction of sp³-hybridized carbons (Fsp3) is 0.222.